The second-order valence-corrected chi connectivity index (χ2v) is 11.0. The first-order valence-electron chi connectivity index (χ1n) is 12.0. The molecule has 2 amide bonds. The second-order valence-electron chi connectivity index (χ2n) is 9.21. The molecule has 2 aromatic carbocycles. The molecular weight excluding hydrogens is 517 g/mol. The molecular formula is C27H29Cl2N3O3S. The van der Waals surface area contributed by atoms with E-state index in [0.29, 0.717) is 33.8 Å². The van der Waals surface area contributed by atoms with Gasteiger partial charge in [0.25, 0.3) is 11.8 Å². The van der Waals surface area contributed by atoms with E-state index in [0.717, 1.165) is 36.4 Å². The second kappa shape index (κ2) is 12.1. The maximum Gasteiger partial charge on any atom is 0.271 e. The molecule has 1 aromatic heterocycles. The summed E-state index contributed by atoms with van der Waals surface area (Å²) < 4.78 is 5.84. The highest BCUT2D eigenvalue weighted by atomic mass is 35.5. The normalized spacial score (nSPS) is 17.6. The van der Waals surface area contributed by atoms with Gasteiger partial charge in [-0.15, -0.1) is 11.3 Å². The zero-order valence-electron chi connectivity index (χ0n) is 20.2. The molecule has 9 heteroatoms. The van der Waals surface area contributed by atoms with Gasteiger partial charge in [0.05, 0.1) is 10.0 Å². The minimum atomic E-state index is -0.250. The summed E-state index contributed by atoms with van der Waals surface area (Å²) in [5.41, 5.74) is 2.04. The lowest BCUT2D eigenvalue weighted by Crippen LogP contribution is -2.53. The first-order valence-corrected chi connectivity index (χ1v) is 13.7. The number of carbonyl (C=O) groups is 2. The molecule has 0 aliphatic heterocycles. The molecule has 190 valence electrons. The van der Waals surface area contributed by atoms with Gasteiger partial charge in [-0.2, -0.15) is 0 Å². The number of ether oxygens (including phenoxy) is 1. The third kappa shape index (κ3) is 6.78. The Kier molecular flexibility index (Phi) is 8.88. The van der Waals surface area contributed by atoms with Gasteiger partial charge in [0.1, 0.15) is 23.1 Å². The van der Waals surface area contributed by atoms with Crippen molar-refractivity contribution in [2.24, 2.45) is 0 Å². The van der Waals surface area contributed by atoms with Crippen molar-refractivity contribution in [3.05, 3.63) is 79.7 Å². The van der Waals surface area contributed by atoms with Crippen molar-refractivity contribution < 1.29 is 14.3 Å². The lowest BCUT2D eigenvalue weighted by atomic mass is 9.90. The highest BCUT2D eigenvalue weighted by molar-refractivity contribution is 7.09. The fraction of sp³-hybridized carbons (Fsp3) is 0.370. The molecule has 1 heterocycles. The molecule has 0 saturated heterocycles. The van der Waals surface area contributed by atoms with E-state index >= 15 is 0 Å². The Hall–Kier alpha value is -2.61. The smallest absolute Gasteiger partial charge is 0.271 e. The quantitative estimate of drug-likeness (QED) is 0.333. The predicted molar refractivity (Wildman–Crippen MR) is 144 cm³/mol. The Morgan fingerprint density at radius 2 is 1.67 bits per heavy atom. The van der Waals surface area contributed by atoms with E-state index in [1.54, 1.807) is 23.6 Å². The topological polar surface area (TPSA) is 80.3 Å². The van der Waals surface area contributed by atoms with Gasteiger partial charge in [-0.3, -0.25) is 9.59 Å². The van der Waals surface area contributed by atoms with Crippen LogP contribution in [-0.2, 0) is 6.61 Å². The molecule has 36 heavy (non-hydrogen) atoms. The van der Waals surface area contributed by atoms with Crippen molar-refractivity contribution in [3.8, 4) is 5.75 Å². The van der Waals surface area contributed by atoms with Gasteiger partial charge >= 0.3 is 0 Å². The number of aromatic nitrogens is 1. The average molecular weight is 547 g/mol. The van der Waals surface area contributed by atoms with E-state index in [-0.39, 0.29) is 23.9 Å². The van der Waals surface area contributed by atoms with Crippen LogP contribution in [0, 0.1) is 0 Å². The third-order valence-electron chi connectivity index (χ3n) is 6.27. The summed E-state index contributed by atoms with van der Waals surface area (Å²) in [7, 11) is 0. The molecule has 0 radical (unpaired) electrons. The van der Waals surface area contributed by atoms with Gasteiger partial charge < -0.3 is 15.4 Å². The molecule has 2 atom stereocenters. The van der Waals surface area contributed by atoms with Gasteiger partial charge in [0.15, 0.2) is 0 Å². The van der Waals surface area contributed by atoms with Crippen LogP contribution in [0.25, 0.3) is 0 Å². The summed E-state index contributed by atoms with van der Waals surface area (Å²) in [6.45, 7) is 4.60. The van der Waals surface area contributed by atoms with E-state index in [1.807, 2.05) is 12.1 Å². The average Bonchev–Trinajstić information content (AvgIpc) is 3.35. The fourth-order valence-electron chi connectivity index (χ4n) is 4.18. The van der Waals surface area contributed by atoms with E-state index < -0.39 is 0 Å². The van der Waals surface area contributed by atoms with E-state index in [1.165, 1.54) is 16.9 Å². The van der Waals surface area contributed by atoms with Crippen LogP contribution in [0.1, 0.15) is 76.9 Å². The molecule has 2 unspecified atom stereocenters. The number of benzene rings is 2. The molecule has 0 bridgehead atoms. The predicted octanol–water partition coefficient (Wildman–Crippen LogP) is 6.62. The number of rotatable bonds is 8. The standard InChI is InChI=1S/C27H29Cl2N3O3S/c1-16(2)17-7-10-19(11-8-17)35-14-25-30-24(15-36-25)27(34)32-23-6-4-3-5-22(23)31-26(33)18-9-12-20(28)21(29)13-18/h7-13,15-16,22-23H,3-6,14H2,1-2H3,(H,31,33)(H,32,34). The number of hydrogen-bond acceptors (Lipinski definition) is 5. The van der Waals surface area contributed by atoms with E-state index in [4.69, 9.17) is 27.9 Å². The fourth-order valence-corrected chi connectivity index (χ4v) is 5.17. The number of thiazole rings is 1. The maximum absolute atomic E-state index is 12.9. The highest BCUT2D eigenvalue weighted by Crippen LogP contribution is 2.24. The minimum Gasteiger partial charge on any atom is -0.486 e. The van der Waals surface area contributed by atoms with Crippen molar-refractivity contribution in [1.82, 2.24) is 15.6 Å². The van der Waals surface area contributed by atoms with Crippen LogP contribution < -0.4 is 15.4 Å². The third-order valence-corrected chi connectivity index (χ3v) is 7.84. The Bertz CT molecular complexity index is 1210. The highest BCUT2D eigenvalue weighted by Gasteiger charge is 2.29. The molecule has 6 nitrogen and oxygen atoms in total. The zero-order chi connectivity index (χ0) is 25.7. The van der Waals surface area contributed by atoms with Crippen molar-refractivity contribution >= 4 is 46.4 Å². The van der Waals surface area contributed by atoms with Gasteiger partial charge in [0, 0.05) is 23.0 Å². The molecule has 1 fully saturated rings. The van der Waals surface area contributed by atoms with Crippen LogP contribution in [0.3, 0.4) is 0 Å². The van der Waals surface area contributed by atoms with Crippen molar-refractivity contribution in [3.63, 3.8) is 0 Å². The lowest BCUT2D eigenvalue weighted by molar-refractivity contribution is 0.0860. The van der Waals surface area contributed by atoms with Crippen molar-refractivity contribution in [1.29, 1.82) is 0 Å². The number of carbonyl (C=O) groups excluding carboxylic acids is 2. The summed E-state index contributed by atoms with van der Waals surface area (Å²) in [5.74, 6) is 0.740. The van der Waals surface area contributed by atoms with Crippen LogP contribution >= 0.6 is 34.5 Å². The molecule has 0 spiro atoms. The van der Waals surface area contributed by atoms with Crippen LogP contribution in [0.2, 0.25) is 10.0 Å². The summed E-state index contributed by atoms with van der Waals surface area (Å²) in [6.07, 6.45) is 3.53. The molecule has 4 rings (SSSR count). The van der Waals surface area contributed by atoms with Gasteiger partial charge in [-0.1, -0.05) is 62.0 Å². The van der Waals surface area contributed by atoms with Gasteiger partial charge in [-0.05, 0) is 54.7 Å². The Labute approximate surface area is 225 Å². The molecule has 1 saturated carbocycles. The number of nitrogens with one attached hydrogen (secondary N) is 2. The first kappa shape index (κ1) is 26.5. The van der Waals surface area contributed by atoms with Crippen LogP contribution in [0.15, 0.2) is 47.8 Å². The monoisotopic (exact) mass is 545 g/mol. The van der Waals surface area contributed by atoms with Gasteiger partial charge in [-0.25, -0.2) is 4.98 Å². The SMILES string of the molecule is CC(C)c1ccc(OCc2nc(C(=O)NC3CCCCC3NC(=O)c3ccc(Cl)c(Cl)c3)cs2)cc1. The first-order chi connectivity index (χ1) is 17.3. The number of amides is 2. The maximum atomic E-state index is 12.9. The Morgan fingerprint density at radius 3 is 2.31 bits per heavy atom. The molecule has 2 N–H and O–H groups in total. The van der Waals surface area contributed by atoms with Crippen molar-refractivity contribution in [2.45, 2.75) is 64.1 Å². The zero-order valence-corrected chi connectivity index (χ0v) is 22.6. The number of halogens is 2. The number of nitrogens with zero attached hydrogens (tertiary/aromatic N) is 1. The summed E-state index contributed by atoms with van der Waals surface area (Å²) >= 11 is 13.4. The minimum absolute atomic E-state index is 0.181. The Morgan fingerprint density at radius 1 is 1.00 bits per heavy atom. The molecule has 1 aliphatic carbocycles. The van der Waals surface area contributed by atoms with Gasteiger partial charge in [0.2, 0.25) is 0 Å². The summed E-state index contributed by atoms with van der Waals surface area (Å²) in [5, 5.41) is 9.30. The Balaban J connectivity index is 1.33. The van der Waals surface area contributed by atoms with Crippen molar-refractivity contribution in [2.75, 3.05) is 0 Å². The summed E-state index contributed by atoms with van der Waals surface area (Å²) in [6, 6.07) is 12.4. The van der Waals surface area contributed by atoms with Crippen LogP contribution in [0.5, 0.6) is 5.75 Å². The molecule has 3 aromatic rings. The largest absolute Gasteiger partial charge is 0.486 e. The van der Waals surface area contributed by atoms with Crippen LogP contribution in [0.4, 0.5) is 0 Å². The van der Waals surface area contributed by atoms with E-state index in [2.05, 4.69) is 41.6 Å². The molecule has 1 aliphatic rings. The lowest BCUT2D eigenvalue weighted by Gasteiger charge is -2.32. The number of hydrogen-bond donors (Lipinski definition) is 2. The van der Waals surface area contributed by atoms with Crippen LogP contribution in [-0.4, -0.2) is 28.9 Å². The summed E-state index contributed by atoms with van der Waals surface area (Å²) in [4.78, 5) is 30.2. The van der Waals surface area contributed by atoms with E-state index in [9.17, 15) is 9.59 Å².